The van der Waals surface area contributed by atoms with E-state index in [1.807, 2.05) is 18.2 Å². The smallest absolute Gasteiger partial charge is 0.326 e. The lowest BCUT2D eigenvalue weighted by molar-refractivity contribution is -0.149. The van der Waals surface area contributed by atoms with Gasteiger partial charge in [0, 0.05) is 6.04 Å². The molecule has 2 N–H and O–H groups in total. The fourth-order valence-corrected chi connectivity index (χ4v) is 2.26. The lowest BCUT2D eigenvalue weighted by atomic mass is 10.2. The number of carboxylic acids is 1. The molecule has 6 heteroatoms. The number of ether oxygens (including phenoxy) is 1. The van der Waals surface area contributed by atoms with Crippen molar-refractivity contribution in [1.29, 1.82) is 0 Å². The molecule has 0 bridgehead atoms. The molecule has 0 heterocycles. The lowest BCUT2D eigenvalue weighted by Crippen LogP contribution is -2.47. The van der Waals surface area contributed by atoms with Crippen LogP contribution in [-0.4, -0.2) is 47.6 Å². The zero-order valence-corrected chi connectivity index (χ0v) is 12.2. The fraction of sp³-hybridized carbons (Fsp3) is 0.467. The molecule has 1 fully saturated rings. The molecule has 0 aliphatic heterocycles. The molecular weight excluding hydrogens is 272 g/mol. The summed E-state index contributed by atoms with van der Waals surface area (Å²) in [5.74, 6) is -0.541. The van der Waals surface area contributed by atoms with Gasteiger partial charge in [0.1, 0.15) is 11.8 Å². The summed E-state index contributed by atoms with van der Waals surface area (Å²) in [7, 11) is 1.56. The van der Waals surface area contributed by atoms with Crippen molar-refractivity contribution < 1.29 is 19.4 Å². The number of para-hydroxylation sites is 2. The second kappa shape index (κ2) is 6.47. The summed E-state index contributed by atoms with van der Waals surface area (Å²) >= 11 is 0. The molecule has 1 aliphatic rings. The van der Waals surface area contributed by atoms with Crippen molar-refractivity contribution in [2.75, 3.05) is 19.0 Å². The average molecular weight is 292 g/mol. The fourth-order valence-electron chi connectivity index (χ4n) is 2.26. The van der Waals surface area contributed by atoms with E-state index in [9.17, 15) is 9.59 Å². The first-order valence-corrected chi connectivity index (χ1v) is 6.95. The highest BCUT2D eigenvalue weighted by Crippen LogP contribution is 2.29. The summed E-state index contributed by atoms with van der Waals surface area (Å²) in [6.07, 6.45) is 1.75. The normalized spacial score (nSPS) is 15.1. The molecule has 21 heavy (non-hydrogen) atoms. The molecule has 1 atom stereocenters. The van der Waals surface area contributed by atoms with E-state index in [-0.39, 0.29) is 18.5 Å². The minimum Gasteiger partial charge on any atom is -0.495 e. The predicted octanol–water partition coefficient (Wildman–Crippen LogP) is 1.57. The van der Waals surface area contributed by atoms with E-state index in [1.54, 1.807) is 20.1 Å². The second-order valence-electron chi connectivity index (χ2n) is 5.10. The Hall–Kier alpha value is -2.24. The maximum atomic E-state index is 12.3. The summed E-state index contributed by atoms with van der Waals surface area (Å²) in [5.41, 5.74) is 0.715. The van der Waals surface area contributed by atoms with E-state index in [2.05, 4.69) is 5.32 Å². The van der Waals surface area contributed by atoms with Crippen LogP contribution in [-0.2, 0) is 9.59 Å². The van der Waals surface area contributed by atoms with E-state index in [1.165, 1.54) is 4.90 Å². The lowest BCUT2D eigenvalue weighted by Gasteiger charge is -2.26. The van der Waals surface area contributed by atoms with Crippen molar-refractivity contribution in [3.05, 3.63) is 24.3 Å². The molecule has 1 amide bonds. The van der Waals surface area contributed by atoms with Crippen LogP contribution in [0.15, 0.2) is 24.3 Å². The number of carboxylic acid groups (broad SMARTS) is 1. The summed E-state index contributed by atoms with van der Waals surface area (Å²) in [6.45, 7) is 1.59. The zero-order valence-electron chi connectivity index (χ0n) is 12.2. The molecular formula is C15H20N2O4. The third-order valence-electron chi connectivity index (χ3n) is 3.54. The highest BCUT2D eigenvalue weighted by molar-refractivity contribution is 5.87. The van der Waals surface area contributed by atoms with E-state index in [0.717, 1.165) is 12.8 Å². The Balaban J connectivity index is 2.01. The Bertz CT molecular complexity index is 528. The Labute approximate surface area is 123 Å². The highest BCUT2D eigenvalue weighted by atomic mass is 16.5. The number of nitrogens with one attached hydrogen (secondary N) is 1. The Kier molecular flexibility index (Phi) is 4.67. The van der Waals surface area contributed by atoms with Crippen molar-refractivity contribution in [2.45, 2.75) is 31.8 Å². The van der Waals surface area contributed by atoms with E-state index < -0.39 is 12.0 Å². The standard InChI is InChI=1S/C15H20N2O4/c1-10(15(19)20)17(11-7-8-11)14(18)9-16-12-5-3-4-6-13(12)21-2/h3-6,10-11,16H,7-9H2,1-2H3,(H,19,20). The molecule has 114 valence electrons. The second-order valence-corrected chi connectivity index (χ2v) is 5.10. The van der Waals surface area contributed by atoms with Crippen molar-refractivity contribution in [2.24, 2.45) is 0 Å². The van der Waals surface area contributed by atoms with Crippen LogP contribution < -0.4 is 10.1 Å². The highest BCUT2D eigenvalue weighted by Gasteiger charge is 2.38. The third-order valence-corrected chi connectivity index (χ3v) is 3.54. The van der Waals surface area contributed by atoms with Gasteiger partial charge in [0.15, 0.2) is 0 Å². The monoisotopic (exact) mass is 292 g/mol. The molecule has 0 saturated heterocycles. The van der Waals surface area contributed by atoms with Gasteiger partial charge in [-0.05, 0) is 31.9 Å². The van der Waals surface area contributed by atoms with Crippen LogP contribution in [0.1, 0.15) is 19.8 Å². The van der Waals surface area contributed by atoms with Gasteiger partial charge in [0.25, 0.3) is 0 Å². The number of methoxy groups -OCH3 is 1. The van der Waals surface area contributed by atoms with Gasteiger partial charge >= 0.3 is 5.97 Å². The van der Waals surface area contributed by atoms with Crippen LogP contribution in [0.3, 0.4) is 0 Å². The molecule has 1 aromatic carbocycles. The number of aliphatic carboxylic acids is 1. The molecule has 1 saturated carbocycles. The Morgan fingerprint density at radius 2 is 2.10 bits per heavy atom. The number of benzene rings is 1. The van der Waals surface area contributed by atoms with E-state index >= 15 is 0 Å². The van der Waals surface area contributed by atoms with Gasteiger partial charge in [-0.3, -0.25) is 4.79 Å². The minimum absolute atomic E-state index is 0.0501. The van der Waals surface area contributed by atoms with Gasteiger partial charge < -0.3 is 20.1 Å². The van der Waals surface area contributed by atoms with E-state index in [4.69, 9.17) is 9.84 Å². The zero-order chi connectivity index (χ0) is 15.4. The molecule has 2 rings (SSSR count). The molecule has 1 aromatic rings. The number of rotatable bonds is 7. The van der Waals surface area contributed by atoms with Crippen LogP contribution in [0.5, 0.6) is 5.75 Å². The largest absolute Gasteiger partial charge is 0.495 e. The van der Waals surface area contributed by atoms with Crippen molar-refractivity contribution in [3.63, 3.8) is 0 Å². The number of nitrogens with zero attached hydrogens (tertiary/aromatic N) is 1. The molecule has 0 aromatic heterocycles. The first-order chi connectivity index (χ1) is 10.0. The third kappa shape index (κ3) is 3.65. The molecule has 1 unspecified atom stereocenters. The average Bonchev–Trinajstić information content (AvgIpc) is 3.30. The van der Waals surface area contributed by atoms with Crippen LogP contribution >= 0.6 is 0 Å². The number of carbonyl (C=O) groups excluding carboxylic acids is 1. The van der Waals surface area contributed by atoms with Crippen LogP contribution in [0, 0.1) is 0 Å². The summed E-state index contributed by atoms with van der Waals surface area (Å²) in [6, 6.07) is 6.55. The maximum Gasteiger partial charge on any atom is 0.326 e. The first kappa shape index (κ1) is 15.2. The van der Waals surface area contributed by atoms with Crippen molar-refractivity contribution >= 4 is 17.6 Å². The predicted molar refractivity (Wildman–Crippen MR) is 78.4 cm³/mol. The minimum atomic E-state index is -0.979. The summed E-state index contributed by atoms with van der Waals surface area (Å²) < 4.78 is 5.20. The van der Waals surface area contributed by atoms with Gasteiger partial charge in [-0.25, -0.2) is 4.79 Å². The molecule has 6 nitrogen and oxygen atoms in total. The summed E-state index contributed by atoms with van der Waals surface area (Å²) in [4.78, 5) is 24.9. The first-order valence-electron chi connectivity index (χ1n) is 6.95. The Morgan fingerprint density at radius 1 is 1.43 bits per heavy atom. The topological polar surface area (TPSA) is 78.9 Å². The number of amides is 1. The summed E-state index contributed by atoms with van der Waals surface area (Å²) in [5, 5.41) is 12.1. The Morgan fingerprint density at radius 3 is 2.67 bits per heavy atom. The van der Waals surface area contributed by atoms with Crippen LogP contribution in [0.4, 0.5) is 5.69 Å². The number of hydrogen-bond donors (Lipinski definition) is 2. The van der Waals surface area contributed by atoms with Gasteiger partial charge in [-0.2, -0.15) is 0 Å². The SMILES string of the molecule is COc1ccccc1NCC(=O)N(C1CC1)C(C)C(=O)O. The molecule has 0 radical (unpaired) electrons. The van der Waals surface area contributed by atoms with Gasteiger partial charge in [-0.15, -0.1) is 0 Å². The quantitative estimate of drug-likeness (QED) is 0.797. The van der Waals surface area contributed by atoms with E-state index in [0.29, 0.717) is 11.4 Å². The maximum absolute atomic E-state index is 12.3. The molecule has 0 spiro atoms. The molecule has 1 aliphatic carbocycles. The van der Waals surface area contributed by atoms with Crippen molar-refractivity contribution in [3.8, 4) is 5.75 Å². The number of hydrogen-bond acceptors (Lipinski definition) is 4. The van der Waals surface area contributed by atoms with Crippen molar-refractivity contribution in [1.82, 2.24) is 4.90 Å². The van der Waals surface area contributed by atoms with Gasteiger partial charge in [0.2, 0.25) is 5.91 Å². The number of carbonyl (C=O) groups is 2. The van der Waals surface area contributed by atoms with Gasteiger partial charge in [-0.1, -0.05) is 12.1 Å². The van der Waals surface area contributed by atoms with Crippen LogP contribution in [0.25, 0.3) is 0 Å². The van der Waals surface area contributed by atoms with Gasteiger partial charge in [0.05, 0.1) is 19.3 Å². The van der Waals surface area contributed by atoms with Crippen LogP contribution in [0.2, 0.25) is 0 Å². The number of anilines is 1.